The molecule has 0 saturated carbocycles. The molecule has 1 N–H and O–H groups in total. The molecule has 0 aliphatic carbocycles. The van der Waals surface area contributed by atoms with Gasteiger partial charge in [-0.25, -0.2) is 4.98 Å². The zero-order valence-electron chi connectivity index (χ0n) is 14.5. The molecule has 8 heteroatoms. The minimum absolute atomic E-state index is 0.159. The van der Waals surface area contributed by atoms with Crippen molar-refractivity contribution in [3.63, 3.8) is 0 Å². The first kappa shape index (κ1) is 19.5. The lowest BCUT2D eigenvalue weighted by molar-refractivity contribution is -0.154. The minimum Gasteiger partial charge on any atom is -0.468 e. The van der Waals surface area contributed by atoms with Gasteiger partial charge in [0.1, 0.15) is 0 Å². The van der Waals surface area contributed by atoms with Crippen LogP contribution in [0.2, 0.25) is 0 Å². The van der Waals surface area contributed by atoms with E-state index in [1.165, 1.54) is 18.3 Å². The first-order chi connectivity index (χ1) is 11.7. The van der Waals surface area contributed by atoms with Gasteiger partial charge in [0.05, 0.1) is 5.56 Å². The maximum atomic E-state index is 12.1. The van der Waals surface area contributed by atoms with Crippen LogP contribution in [0.4, 0.5) is 13.2 Å². The van der Waals surface area contributed by atoms with Crippen molar-refractivity contribution in [1.82, 2.24) is 15.2 Å². The van der Waals surface area contributed by atoms with E-state index in [0.717, 1.165) is 25.9 Å². The topological polar surface area (TPSA) is 54.5 Å². The summed E-state index contributed by atoms with van der Waals surface area (Å²) in [6.07, 6.45) is -0.999. The van der Waals surface area contributed by atoms with Gasteiger partial charge in [-0.15, -0.1) is 0 Å². The van der Waals surface area contributed by atoms with Gasteiger partial charge >= 0.3 is 6.18 Å². The Balaban J connectivity index is 1.80. The smallest absolute Gasteiger partial charge is 0.422 e. The van der Waals surface area contributed by atoms with E-state index in [4.69, 9.17) is 0 Å². The van der Waals surface area contributed by atoms with Gasteiger partial charge in [0.15, 0.2) is 6.61 Å². The van der Waals surface area contributed by atoms with Crippen LogP contribution >= 0.6 is 0 Å². The van der Waals surface area contributed by atoms with Crippen LogP contribution in [0.3, 0.4) is 0 Å². The Kier molecular flexibility index (Phi) is 6.64. The summed E-state index contributed by atoms with van der Waals surface area (Å²) in [4.78, 5) is 18.3. The maximum Gasteiger partial charge on any atom is 0.422 e. The SMILES string of the molecule is CC(C)N1CCCC(CNC(=O)c2ccc(OCC(F)(F)F)nc2)C1. The molecule has 1 saturated heterocycles. The molecule has 1 atom stereocenters. The standard InChI is InChI=1S/C17H24F3N3O2/c1-12(2)23-7-3-4-13(10-23)8-22-16(24)14-5-6-15(21-9-14)25-11-17(18,19)20/h5-6,9,12-13H,3-4,7-8,10-11H2,1-2H3,(H,22,24). The number of aromatic nitrogens is 1. The van der Waals surface area contributed by atoms with E-state index in [2.05, 4.69) is 33.8 Å². The largest absolute Gasteiger partial charge is 0.468 e. The summed E-state index contributed by atoms with van der Waals surface area (Å²) < 4.78 is 40.8. The van der Waals surface area contributed by atoms with Crippen molar-refractivity contribution in [1.29, 1.82) is 0 Å². The van der Waals surface area contributed by atoms with Gasteiger partial charge in [-0.3, -0.25) is 4.79 Å². The molecule has 0 aromatic carbocycles. The molecule has 1 aliphatic rings. The summed E-state index contributed by atoms with van der Waals surface area (Å²) in [5.74, 6) is -0.0345. The van der Waals surface area contributed by atoms with Gasteiger partial charge in [0.25, 0.3) is 5.91 Å². The van der Waals surface area contributed by atoms with Crippen LogP contribution in [0.5, 0.6) is 5.88 Å². The molecular formula is C17H24F3N3O2. The van der Waals surface area contributed by atoms with E-state index < -0.39 is 12.8 Å². The molecule has 2 heterocycles. The molecule has 1 fully saturated rings. The number of hydrogen-bond acceptors (Lipinski definition) is 4. The highest BCUT2D eigenvalue weighted by molar-refractivity contribution is 5.93. The fourth-order valence-electron chi connectivity index (χ4n) is 2.83. The number of amides is 1. The van der Waals surface area contributed by atoms with Crippen LogP contribution in [0.25, 0.3) is 0 Å². The molecule has 0 spiro atoms. The van der Waals surface area contributed by atoms with E-state index in [1.54, 1.807) is 0 Å². The third kappa shape index (κ3) is 6.53. The van der Waals surface area contributed by atoms with E-state index in [0.29, 0.717) is 24.1 Å². The summed E-state index contributed by atoms with van der Waals surface area (Å²) in [5, 5.41) is 2.88. The van der Waals surface area contributed by atoms with E-state index in [1.807, 2.05) is 0 Å². The van der Waals surface area contributed by atoms with Crippen molar-refractivity contribution in [3.8, 4) is 5.88 Å². The Morgan fingerprint density at radius 3 is 2.80 bits per heavy atom. The third-order valence-corrected chi connectivity index (χ3v) is 4.21. The summed E-state index contributed by atoms with van der Waals surface area (Å²) in [7, 11) is 0. The summed E-state index contributed by atoms with van der Waals surface area (Å²) in [6, 6.07) is 3.17. The number of halogens is 3. The second kappa shape index (κ2) is 8.51. The van der Waals surface area contributed by atoms with Crippen LogP contribution in [0, 0.1) is 5.92 Å². The number of likely N-dealkylation sites (tertiary alicyclic amines) is 1. The minimum atomic E-state index is -4.42. The molecule has 1 unspecified atom stereocenters. The maximum absolute atomic E-state index is 12.1. The van der Waals surface area contributed by atoms with Gasteiger partial charge in [-0.05, 0) is 45.2 Å². The summed E-state index contributed by atoms with van der Waals surface area (Å²) in [6.45, 7) is 5.55. The fraction of sp³-hybridized carbons (Fsp3) is 0.647. The molecule has 1 aliphatic heterocycles. The monoisotopic (exact) mass is 359 g/mol. The number of nitrogens with zero attached hydrogens (tertiary/aromatic N) is 2. The second-order valence-corrected chi connectivity index (χ2v) is 6.60. The third-order valence-electron chi connectivity index (χ3n) is 4.21. The van der Waals surface area contributed by atoms with Crippen molar-refractivity contribution in [2.45, 2.75) is 38.9 Å². The summed E-state index contributed by atoms with van der Waals surface area (Å²) >= 11 is 0. The Morgan fingerprint density at radius 1 is 1.44 bits per heavy atom. The summed E-state index contributed by atoms with van der Waals surface area (Å²) in [5.41, 5.74) is 0.302. The Bertz CT molecular complexity index is 561. The molecule has 1 aromatic heterocycles. The highest BCUT2D eigenvalue weighted by atomic mass is 19.4. The molecule has 1 aromatic rings. The Hall–Kier alpha value is -1.83. The van der Waals surface area contributed by atoms with Crippen LogP contribution in [-0.4, -0.2) is 54.3 Å². The first-order valence-electron chi connectivity index (χ1n) is 8.42. The molecule has 0 radical (unpaired) electrons. The van der Waals surface area contributed by atoms with Crippen molar-refractivity contribution in [2.24, 2.45) is 5.92 Å². The highest BCUT2D eigenvalue weighted by Crippen LogP contribution is 2.19. The Labute approximate surface area is 145 Å². The number of pyridine rings is 1. The number of carbonyl (C=O) groups is 1. The van der Waals surface area contributed by atoms with E-state index in [-0.39, 0.29) is 11.8 Å². The molecule has 140 valence electrons. The predicted molar refractivity (Wildman–Crippen MR) is 87.6 cm³/mol. The number of piperidine rings is 1. The number of alkyl halides is 3. The van der Waals surface area contributed by atoms with Gasteiger partial charge in [0.2, 0.25) is 5.88 Å². The van der Waals surface area contributed by atoms with Crippen molar-refractivity contribution < 1.29 is 22.7 Å². The average Bonchev–Trinajstić information content (AvgIpc) is 2.58. The van der Waals surface area contributed by atoms with E-state index >= 15 is 0 Å². The van der Waals surface area contributed by atoms with Gasteiger partial charge in [-0.1, -0.05) is 0 Å². The van der Waals surface area contributed by atoms with Crippen molar-refractivity contribution in [3.05, 3.63) is 23.9 Å². The van der Waals surface area contributed by atoms with Crippen LogP contribution in [0.15, 0.2) is 18.3 Å². The van der Waals surface area contributed by atoms with Crippen LogP contribution in [-0.2, 0) is 0 Å². The molecule has 0 bridgehead atoms. The zero-order chi connectivity index (χ0) is 18.4. The quantitative estimate of drug-likeness (QED) is 0.849. The van der Waals surface area contributed by atoms with Crippen molar-refractivity contribution in [2.75, 3.05) is 26.2 Å². The molecular weight excluding hydrogens is 335 g/mol. The molecule has 2 rings (SSSR count). The number of nitrogens with one attached hydrogen (secondary N) is 1. The number of carbonyl (C=O) groups excluding carboxylic acids is 1. The predicted octanol–water partition coefficient (Wildman–Crippen LogP) is 2.87. The molecule has 5 nitrogen and oxygen atoms in total. The van der Waals surface area contributed by atoms with Crippen molar-refractivity contribution >= 4 is 5.91 Å². The van der Waals surface area contributed by atoms with Gasteiger partial charge in [0, 0.05) is 31.4 Å². The molecule has 1 amide bonds. The number of ether oxygens (including phenoxy) is 1. The normalized spacial score (nSPS) is 19.0. The van der Waals surface area contributed by atoms with Crippen LogP contribution in [0.1, 0.15) is 37.0 Å². The number of rotatable bonds is 6. The fourth-order valence-corrected chi connectivity index (χ4v) is 2.83. The number of hydrogen-bond donors (Lipinski definition) is 1. The van der Waals surface area contributed by atoms with Crippen LogP contribution < -0.4 is 10.1 Å². The lowest BCUT2D eigenvalue weighted by atomic mass is 9.97. The Morgan fingerprint density at radius 2 is 2.20 bits per heavy atom. The lowest BCUT2D eigenvalue weighted by Crippen LogP contribution is -2.43. The zero-order valence-corrected chi connectivity index (χ0v) is 14.5. The average molecular weight is 359 g/mol. The van der Waals surface area contributed by atoms with Gasteiger partial charge in [-0.2, -0.15) is 13.2 Å². The van der Waals surface area contributed by atoms with E-state index in [9.17, 15) is 18.0 Å². The second-order valence-electron chi connectivity index (χ2n) is 6.60. The highest BCUT2D eigenvalue weighted by Gasteiger charge is 2.28. The first-order valence-corrected chi connectivity index (χ1v) is 8.42. The van der Waals surface area contributed by atoms with Gasteiger partial charge < -0.3 is 15.0 Å². The molecule has 25 heavy (non-hydrogen) atoms. The lowest BCUT2D eigenvalue weighted by Gasteiger charge is -2.35.